The molecule has 3 aliphatic heterocycles. The van der Waals surface area contributed by atoms with Gasteiger partial charge in [-0.1, -0.05) is 23.9 Å². The summed E-state index contributed by atoms with van der Waals surface area (Å²) in [6.07, 6.45) is 2.23. The number of hydrogen-bond acceptors (Lipinski definition) is 7. The number of allylic oxidation sites excluding steroid dienone is 1. The average Bonchev–Trinajstić information content (AvgIpc) is 3.43. The van der Waals surface area contributed by atoms with Gasteiger partial charge in [0, 0.05) is 25.9 Å². The van der Waals surface area contributed by atoms with Crippen LogP contribution in [0.3, 0.4) is 0 Å². The molecular weight excluding hydrogens is 433 g/mol. The number of carbonyl (C=O) groups is 2. The van der Waals surface area contributed by atoms with Crippen LogP contribution in [0.5, 0.6) is 0 Å². The summed E-state index contributed by atoms with van der Waals surface area (Å²) in [5, 5.41) is 2.56. The third kappa shape index (κ3) is 4.59. The van der Waals surface area contributed by atoms with Crippen molar-refractivity contribution in [3.8, 4) is 0 Å². The van der Waals surface area contributed by atoms with Crippen molar-refractivity contribution in [2.75, 3.05) is 33.4 Å². The zero-order valence-electron chi connectivity index (χ0n) is 18.2. The predicted octanol–water partition coefficient (Wildman–Crippen LogP) is 3.60. The highest BCUT2D eigenvalue weighted by Gasteiger charge is 2.41. The molecule has 3 aliphatic rings. The van der Waals surface area contributed by atoms with Gasteiger partial charge in [0.2, 0.25) is 5.91 Å². The Kier molecular flexibility index (Phi) is 6.95. The first-order valence-electron chi connectivity index (χ1n) is 10.6. The number of amidine groups is 1. The molecule has 0 saturated carbocycles. The van der Waals surface area contributed by atoms with Crippen LogP contribution in [-0.2, 0) is 19.1 Å². The molecule has 0 aliphatic carbocycles. The molecule has 7 nitrogen and oxygen atoms in total. The molecular formula is C23H26FN3O4S. The fourth-order valence-electron chi connectivity index (χ4n) is 4.15. The Bertz CT molecular complexity index is 1000. The summed E-state index contributed by atoms with van der Waals surface area (Å²) < 4.78 is 24.6. The average molecular weight is 460 g/mol. The summed E-state index contributed by atoms with van der Waals surface area (Å²) in [7, 11) is 1.53. The van der Waals surface area contributed by atoms with Gasteiger partial charge in [-0.2, -0.15) is 0 Å². The topological polar surface area (TPSA) is 71.4 Å². The van der Waals surface area contributed by atoms with Gasteiger partial charge < -0.3 is 19.3 Å². The van der Waals surface area contributed by atoms with E-state index in [1.807, 2.05) is 15.2 Å². The minimum Gasteiger partial charge on any atom is -0.460 e. The Labute approximate surface area is 190 Å². The number of halogens is 1. The van der Waals surface area contributed by atoms with E-state index in [0.29, 0.717) is 22.0 Å². The molecule has 9 heteroatoms. The number of amides is 1. The van der Waals surface area contributed by atoms with Crippen LogP contribution in [0.15, 0.2) is 51.6 Å². The lowest BCUT2D eigenvalue weighted by Crippen LogP contribution is -2.38. The summed E-state index contributed by atoms with van der Waals surface area (Å²) in [5.74, 6) is -0.885. The molecule has 4 rings (SSSR count). The van der Waals surface area contributed by atoms with Crippen molar-refractivity contribution in [3.63, 3.8) is 0 Å². The van der Waals surface area contributed by atoms with Gasteiger partial charge in [-0.25, -0.2) is 14.2 Å². The van der Waals surface area contributed by atoms with Crippen molar-refractivity contribution >= 4 is 28.8 Å². The van der Waals surface area contributed by atoms with E-state index in [2.05, 4.69) is 4.99 Å². The van der Waals surface area contributed by atoms with E-state index in [4.69, 9.17) is 9.47 Å². The first-order chi connectivity index (χ1) is 15.5. The lowest BCUT2D eigenvalue weighted by Gasteiger charge is -2.36. The number of esters is 1. The number of nitrogens with zero attached hydrogens (tertiary/aromatic N) is 3. The van der Waals surface area contributed by atoms with Crippen LogP contribution in [0, 0.1) is 5.82 Å². The maximum atomic E-state index is 14.2. The number of ether oxygens (including phenoxy) is 2. The number of benzene rings is 1. The van der Waals surface area contributed by atoms with Crippen molar-refractivity contribution in [1.82, 2.24) is 9.80 Å². The van der Waals surface area contributed by atoms with Gasteiger partial charge in [0.05, 0.1) is 30.3 Å². The lowest BCUT2D eigenvalue weighted by molar-refractivity contribution is -0.141. The van der Waals surface area contributed by atoms with Gasteiger partial charge in [-0.3, -0.25) is 4.79 Å². The van der Waals surface area contributed by atoms with Crippen molar-refractivity contribution in [3.05, 3.63) is 58.0 Å². The summed E-state index contributed by atoms with van der Waals surface area (Å²) >= 11 is 1.40. The highest BCUT2D eigenvalue weighted by molar-refractivity contribution is 8.16. The fourth-order valence-corrected chi connectivity index (χ4v) is 5.12. The highest BCUT2D eigenvalue weighted by atomic mass is 32.2. The summed E-state index contributed by atoms with van der Waals surface area (Å²) in [6.45, 7) is 3.65. The number of aliphatic imine (C=N–C) groups is 1. The van der Waals surface area contributed by atoms with Crippen molar-refractivity contribution in [2.24, 2.45) is 4.99 Å². The fraction of sp³-hybridized carbons (Fsp3) is 0.435. The van der Waals surface area contributed by atoms with E-state index in [9.17, 15) is 14.0 Å². The Morgan fingerprint density at radius 1 is 1.25 bits per heavy atom. The maximum absolute atomic E-state index is 14.2. The standard InChI is InChI=1S/C23H26FN3O4S/c1-15-20(22(29)31-11-10-30-2)21(16-6-5-7-17(24)12-16)27-18(14-32-23(27)25-15)13-19(28)26-8-3-4-9-26/h5-7,12,14,21H,3-4,8-11,13H2,1-2H3/t21-/m1/s1. The molecule has 1 fully saturated rings. The molecule has 0 aromatic heterocycles. The minimum atomic E-state index is -0.638. The molecule has 0 spiro atoms. The number of fused-ring (bicyclic) bond motifs is 1. The van der Waals surface area contributed by atoms with E-state index < -0.39 is 17.8 Å². The predicted molar refractivity (Wildman–Crippen MR) is 120 cm³/mol. The third-order valence-electron chi connectivity index (χ3n) is 5.70. The molecule has 0 unspecified atom stereocenters. The maximum Gasteiger partial charge on any atom is 0.338 e. The first-order valence-corrected chi connectivity index (χ1v) is 11.5. The molecule has 3 heterocycles. The van der Waals surface area contributed by atoms with Crippen molar-refractivity contribution < 1.29 is 23.5 Å². The van der Waals surface area contributed by atoms with Gasteiger partial charge in [-0.15, -0.1) is 0 Å². The number of thioether (sulfide) groups is 1. The van der Waals surface area contributed by atoms with Gasteiger partial charge in [0.1, 0.15) is 12.4 Å². The van der Waals surface area contributed by atoms with Crippen molar-refractivity contribution in [1.29, 1.82) is 0 Å². The third-order valence-corrected chi connectivity index (χ3v) is 6.59. The second kappa shape index (κ2) is 9.87. The number of likely N-dealkylation sites (tertiary alicyclic amines) is 1. The highest BCUT2D eigenvalue weighted by Crippen LogP contribution is 2.45. The zero-order valence-corrected chi connectivity index (χ0v) is 19.0. The number of methoxy groups -OCH3 is 1. The quantitative estimate of drug-likeness (QED) is 0.458. The molecule has 1 aromatic rings. The molecule has 1 aromatic carbocycles. The zero-order chi connectivity index (χ0) is 22.7. The van der Waals surface area contributed by atoms with Crippen LogP contribution in [0.4, 0.5) is 4.39 Å². The van der Waals surface area contributed by atoms with Crippen molar-refractivity contribution in [2.45, 2.75) is 32.2 Å². The Morgan fingerprint density at radius 2 is 2.03 bits per heavy atom. The molecule has 32 heavy (non-hydrogen) atoms. The van der Waals surface area contributed by atoms with E-state index in [-0.39, 0.29) is 25.5 Å². The molecule has 0 radical (unpaired) electrons. The Morgan fingerprint density at radius 3 is 2.75 bits per heavy atom. The second-order valence-electron chi connectivity index (χ2n) is 7.84. The van der Waals surface area contributed by atoms with E-state index >= 15 is 0 Å². The smallest absolute Gasteiger partial charge is 0.338 e. The molecule has 170 valence electrons. The SMILES string of the molecule is COCCOC(=O)C1=C(C)N=C2SC=C(CC(=O)N3CCCC3)N2[C@@H]1c1cccc(F)c1. The molecule has 1 amide bonds. The van der Waals surface area contributed by atoms with Crippen LogP contribution in [0.2, 0.25) is 0 Å². The summed E-state index contributed by atoms with van der Waals surface area (Å²) in [5.41, 5.74) is 2.19. The van der Waals surface area contributed by atoms with Crippen LogP contribution in [0.1, 0.15) is 37.8 Å². The minimum absolute atomic E-state index is 0.0455. The normalized spacial score (nSPS) is 20.3. The van der Waals surface area contributed by atoms with Crippen LogP contribution < -0.4 is 0 Å². The van der Waals surface area contributed by atoms with Gasteiger partial charge in [0.15, 0.2) is 5.17 Å². The largest absolute Gasteiger partial charge is 0.460 e. The van der Waals surface area contributed by atoms with Gasteiger partial charge in [-0.05, 0) is 42.9 Å². The number of carbonyl (C=O) groups excluding carboxylic acids is 2. The molecule has 1 saturated heterocycles. The Balaban J connectivity index is 1.68. The second-order valence-corrected chi connectivity index (χ2v) is 8.68. The van der Waals surface area contributed by atoms with Crippen LogP contribution >= 0.6 is 11.8 Å². The van der Waals surface area contributed by atoms with Gasteiger partial charge in [0.25, 0.3) is 0 Å². The van der Waals surface area contributed by atoms with E-state index in [0.717, 1.165) is 31.6 Å². The summed E-state index contributed by atoms with van der Waals surface area (Å²) in [6, 6.07) is 5.52. The summed E-state index contributed by atoms with van der Waals surface area (Å²) in [4.78, 5) is 34.3. The van der Waals surface area contributed by atoms with E-state index in [1.165, 1.54) is 31.0 Å². The van der Waals surface area contributed by atoms with Gasteiger partial charge >= 0.3 is 5.97 Å². The lowest BCUT2D eigenvalue weighted by atomic mass is 9.93. The first kappa shape index (κ1) is 22.5. The number of hydrogen-bond donors (Lipinski definition) is 0. The Hall–Kier alpha value is -2.65. The molecule has 1 atom stereocenters. The van der Waals surface area contributed by atoms with Crippen LogP contribution in [0.25, 0.3) is 0 Å². The number of rotatable bonds is 7. The molecule has 0 bridgehead atoms. The van der Waals surface area contributed by atoms with E-state index in [1.54, 1.807) is 19.1 Å². The van der Waals surface area contributed by atoms with Crippen LogP contribution in [-0.4, -0.2) is 60.3 Å². The monoisotopic (exact) mass is 459 g/mol. The molecule has 0 N–H and O–H groups in total.